The van der Waals surface area contributed by atoms with Crippen molar-refractivity contribution in [1.82, 2.24) is 19.8 Å². The first-order valence-corrected chi connectivity index (χ1v) is 10.2. The van der Waals surface area contributed by atoms with Gasteiger partial charge in [-0.1, -0.05) is 30.3 Å². The lowest BCUT2D eigenvalue weighted by atomic mass is 10.1. The lowest BCUT2D eigenvalue weighted by molar-refractivity contribution is 0.0827. The SMILES string of the molecule is Cl.O=C(OCc1ccccc1)N1CCN[C@H](CCOc2ccc(-n3ccnc3)cc2)C1. The summed E-state index contributed by atoms with van der Waals surface area (Å²) in [6.45, 7) is 2.91. The van der Waals surface area contributed by atoms with Gasteiger partial charge in [0.05, 0.1) is 12.9 Å². The Morgan fingerprint density at radius 1 is 1.13 bits per heavy atom. The quantitative estimate of drug-likeness (QED) is 0.604. The highest BCUT2D eigenvalue weighted by Crippen LogP contribution is 2.16. The lowest BCUT2D eigenvalue weighted by Crippen LogP contribution is -2.53. The number of amides is 1. The van der Waals surface area contributed by atoms with Crippen LogP contribution in [0.3, 0.4) is 0 Å². The standard InChI is InChI=1S/C23H26N4O3.ClH/c28-23(30-17-19-4-2-1-3-5-19)26-14-12-25-20(16-26)10-15-29-22-8-6-21(7-9-22)27-13-11-24-18-27;/h1-9,11,13,18,20,25H,10,12,14-17H2;1H/t20-;/m1./s1. The first-order valence-electron chi connectivity index (χ1n) is 10.2. The molecule has 1 amide bonds. The number of piperazine rings is 1. The second-order valence-electron chi connectivity index (χ2n) is 7.24. The summed E-state index contributed by atoms with van der Waals surface area (Å²) >= 11 is 0. The van der Waals surface area contributed by atoms with Gasteiger partial charge in [-0.2, -0.15) is 0 Å². The number of halogens is 1. The Bertz CT molecular complexity index is 920. The minimum atomic E-state index is -0.263. The minimum Gasteiger partial charge on any atom is -0.494 e. The molecule has 7 nitrogen and oxygen atoms in total. The van der Waals surface area contributed by atoms with Crippen LogP contribution < -0.4 is 10.1 Å². The van der Waals surface area contributed by atoms with Gasteiger partial charge in [0.1, 0.15) is 12.4 Å². The van der Waals surface area contributed by atoms with Gasteiger partial charge in [-0.15, -0.1) is 12.4 Å². The lowest BCUT2D eigenvalue weighted by Gasteiger charge is -2.33. The summed E-state index contributed by atoms with van der Waals surface area (Å²) in [5.74, 6) is 0.828. The summed E-state index contributed by atoms with van der Waals surface area (Å²) in [5.41, 5.74) is 2.03. The number of hydrogen-bond acceptors (Lipinski definition) is 5. The molecule has 31 heavy (non-hydrogen) atoms. The monoisotopic (exact) mass is 442 g/mol. The number of rotatable bonds is 7. The van der Waals surface area contributed by atoms with E-state index in [4.69, 9.17) is 9.47 Å². The van der Waals surface area contributed by atoms with Gasteiger partial charge in [0.15, 0.2) is 0 Å². The van der Waals surface area contributed by atoms with Crippen LogP contribution in [0.5, 0.6) is 5.75 Å². The smallest absolute Gasteiger partial charge is 0.410 e. The molecule has 0 unspecified atom stereocenters. The Morgan fingerprint density at radius 3 is 2.68 bits per heavy atom. The summed E-state index contributed by atoms with van der Waals surface area (Å²) < 4.78 is 13.3. The third kappa shape index (κ3) is 6.47. The molecule has 2 heterocycles. The second kappa shape index (κ2) is 11.4. The Morgan fingerprint density at radius 2 is 1.94 bits per heavy atom. The Kier molecular flexibility index (Phi) is 8.32. The van der Waals surface area contributed by atoms with E-state index in [0.717, 1.165) is 30.0 Å². The van der Waals surface area contributed by atoms with Crippen molar-refractivity contribution in [3.8, 4) is 11.4 Å². The molecular weight excluding hydrogens is 416 g/mol. The predicted molar refractivity (Wildman–Crippen MR) is 121 cm³/mol. The molecular formula is C23H27ClN4O3. The zero-order valence-electron chi connectivity index (χ0n) is 17.2. The van der Waals surface area contributed by atoms with E-state index in [1.165, 1.54) is 0 Å². The topological polar surface area (TPSA) is 68.6 Å². The minimum absolute atomic E-state index is 0. The van der Waals surface area contributed by atoms with Crippen LogP contribution >= 0.6 is 12.4 Å². The van der Waals surface area contributed by atoms with E-state index in [9.17, 15) is 4.79 Å². The molecule has 3 aromatic rings. The molecule has 1 fully saturated rings. The van der Waals surface area contributed by atoms with Crippen molar-refractivity contribution in [3.63, 3.8) is 0 Å². The van der Waals surface area contributed by atoms with E-state index in [1.54, 1.807) is 17.4 Å². The summed E-state index contributed by atoms with van der Waals surface area (Å²) in [6.07, 6.45) is 5.97. The number of benzene rings is 2. The summed E-state index contributed by atoms with van der Waals surface area (Å²) in [7, 11) is 0. The molecule has 1 aliphatic rings. The largest absolute Gasteiger partial charge is 0.494 e. The average molecular weight is 443 g/mol. The van der Waals surface area contributed by atoms with Crippen molar-refractivity contribution in [2.75, 3.05) is 26.2 Å². The number of ether oxygens (including phenoxy) is 2. The van der Waals surface area contributed by atoms with Crippen LogP contribution in [0.15, 0.2) is 73.3 Å². The summed E-state index contributed by atoms with van der Waals surface area (Å²) in [4.78, 5) is 18.2. The molecule has 0 bridgehead atoms. The molecule has 0 saturated carbocycles. The van der Waals surface area contributed by atoms with E-state index in [2.05, 4.69) is 10.3 Å². The Labute approximate surface area is 188 Å². The maximum Gasteiger partial charge on any atom is 0.410 e. The number of hydrogen-bond donors (Lipinski definition) is 1. The number of nitrogens with one attached hydrogen (secondary N) is 1. The first-order chi connectivity index (χ1) is 14.8. The third-order valence-electron chi connectivity index (χ3n) is 5.09. The number of aromatic nitrogens is 2. The van der Waals surface area contributed by atoms with Crippen LogP contribution in [0.1, 0.15) is 12.0 Å². The predicted octanol–water partition coefficient (Wildman–Crippen LogP) is 3.67. The van der Waals surface area contributed by atoms with E-state index in [-0.39, 0.29) is 24.5 Å². The van der Waals surface area contributed by atoms with Crippen LogP contribution in [-0.4, -0.2) is 52.8 Å². The average Bonchev–Trinajstić information content (AvgIpc) is 3.34. The van der Waals surface area contributed by atoms with Crippen LogP contribution in [0.2, 0.25) is 0 Å². The van der Waals surface area contributed by atoms with Crippen LogP contribution in [-0.2, 0) is 11.3 Å². The van der Waals surface area contributed by atoms with Crippen LogP contribution in [0.25, 0.3) is 5.69 Å². The molecule has 1 saturated heterocycles. The molecule has 0 spiro atoms. The molecule has 0 aliphatic carbocycles. The van der Waals surface area contributed by atoms with Crippen molar-refractivity contribution >= 4 is 18.5 Å². The van der Waals surface area contributed by atoms with Crippen LogP contribution in [0.4, 0.5) is 4.79 Å². The van der Waals surface area contributed by atoms with Gasteiger partial charge in [0, 0.05) is 43.8 Å². The highest BCUT2D eigenvalue weighted by Gasteiger charge is 2.24. The molecule has 0 radical (unpaired) electrons. The summed E-state index contributed by atoms with van der Waals surface area (Å²) in [5, 5.41) is 3.45. The van der Waals surface area contributed by atoms with Gasteiger partial charge in [0.25, 0.3) is 0 Å². The van der Waals surface area contributed by atoms with Gasteiger partial charge in [-0.3, -0.25) is 0 Å². The molecule has 1 N–H and O–H groups in total. The number of imidazole rings is 1. The Hall–Kier alpha value is -3.03. The van der Waals surface area contributed by atoms with Crippen molar-refractivity contribution < 1.29 is 14.3 Å². The summed E-state index contributed by atoms with van der Waals surface area (Å²) in [6, 6.07) is 17.8. The van der Waals surface area contributed by atoms with E-state index >= 15 is 0 Å². The molecule has 1 aliphatic heterocycles. The number of carbonyl (C=O) groups excluding carboxylic acids is 1. The highest BCUT2D eigenvalue weighted by atomic mass is 35.5. The third-order valence-corrected chi connectivity index (χ3v) is 5.09. The number of nitrogens with zero attached hydrogens (tertiary/aromatic N) is 3. The molecule has 164 valence electrons. The normalized spacial score (nSPS) is 15.7. The van der Waals surface area contributed by atoms with Crippen molar-refractivity contribution in [1.29, 1.82) is 0 Å². The highest BCUT2D eigenvalue weighted by molar-refractivity contribution is 5.85. The van der Waals surface area contributed by atoms with E-state index in [0.29, 0.717) is 26.3 Å². The first kappa shape index (κ1) is 22.7. The van der Waals surface area contributed by atoms with Crippen molar-refractivity contribution in [2.24, 2.45) is 0 Å². The molecule has 8 heteroatoms. The fourth-order valence-corrected chi connectivity index (χ4v) is 3.44. The fourth-order valence-electron chi connectivity index (χ4n) is 3.44. The molecule has 1 aromatic heterocycles. The van der Waals surface area contributed by atoms with Gasteiger partial charge in [-0.05, 0) is 36.2 Å². The van der Waals surface area contributed by atoms with E-state index in [1.807, 2.05) is 65.4 Å². The number of carbonyl (C=O) groups is 1. The van der Waals surface area contributed by atoms with Crippen LogP contribution in [0, 0.1) is 0 Å². The van der Waals surface area contributed by atoms with Crippen molar-refractivity contribution in [3.05, 3.63) is 78.9 Å². The van der Waals surface area contributed by atoms with Gasteiger partial charge < -0.3 is 24.3 Å². The van der Waals surface area contributed by atoms with Gasteiger partial charge >= 0.3 is 6.09 Å². The maximum absolute atomic E-state index is 12.4. The molecule has 4 rings (SSSR count). The van der Waals surface area contributed by atoms with Gasteiger partial charge in [0.2, 0.25) is 0 Å². The zero-order chi connectivity index (χ0) is 20.6. The van der Waals surface area contributed by atoms with Crippen molar-refractivity contribution in [2.45, 2.75) is 19.1 Å². The Balaban J connectivity index is 0.00000272. The van der Waals surface area contributed by atoms with Gasteiger partial charge in [-0.25, -0.2) is 9.78 Å². The molecule has 2 aromatic carbocycles. The molecule has 1 atom stereocenters. The maximum atomic E-state index is 12.4. The second-order valence-corrected chi connectivity index (χ2v) is 7.24. The van der Waals surface area contributed by atoms with E-state index < -0.39 is 0 Å². The zero-order valence-corrected chi connectivity index (χ0v) is 18.0. The fraction of sp³-hybridized carbons (Fsp3) is 0.304.